The molecule has 0 saturated carbocycles. The summed E-state index contributed by atoms with van der Waals surface area (Å²) in [4.78, 5) is 18.4. The van der Waals surface area contributed by atoms with Gasteiger partial charge >= 0.3 is 0 Å². The first-order chi connectivity index (χ1) is 15.8. The zero-order valence-electron chi connectivity index (χ0n) is 18.0. The van der Waals surface area contributed by atoms with Crippen molar-refractivity contribution in [1.29, 1.82) is 0 Å². The predicted molar refractivity (Wildman–Crippen MR) is 130 cm³/mol. The van der Waals surface area contributed by atoms with Gasteiger partial charge in [0, 0.05) is 43.1 Å². The topological polar surface area (TPSA) is 54.0 Å². The van der Waals surface area contributed by atoms with Gasteiger partial charge in [0.25, 0.3) is 5.91 Å². The number of benzene rings is 2. The van der Waals surface area contributed by atoms with E-state index in [-0.39, 0.29) is 5.91 Å². The van der Waals surface area contributed by atoms with E-state index >= 15 is 0 Å². The number of thiophene rings is 1. The second-order valence-corrected chi connectivity index (χ2v) is 8.93. The molecule has 0 bridgehead atoms. The molecule has 3 aromatic rings. The Kier molecular flexibility index (Phi) is 6.39. The Morgan fingerprint density at radius 1 is 0.812 bits per heavy atom. The molecule has 0 spiro atoms. The van der Waals surface area contributed by atoms with Crippen molar-refractivity contribution in [2.75, 3.05) is 67.7 Å². The van der Waals surface area contributed by atoms with Gasteiger partial charge in [0.1, 0.15) is 0 Å². The molecular formula is C25H27N3O3S. The number of hydrogen-bond donors (Lipinski definition) is 1. The molecule has 2 aromatic carbocycles. The molecule has 2 fully saturated rings. The Balaban J connectivity index is 1.35. The van der Waals surface area contributed by atoms with Gasteiger partial charge in [-0.15, -0.1) is 11.3 Å². The van der Waals surface area contributed by atoms with Crippen molar-refractivity contribution in [1.82, 2.24) is 0 Å². The Morgan fingerprint density at radius 2 is 1.44 bits per heavy atom. The highest BCUT2D eigenvalue weighted by Gasteiger charge is 2.22. The average Bonchev–Trinajstić information content (AvgIpc) is 3.32. The first-order valence-corrected chi connectivity index (χ1v) is 11.9. The van der Waals surface area contributed by atoms with E-state index in [1.54, 1.807) is 11.3 Å². The van der Waals surface area contributed by atoms with Crippen molar-refractivity contribution in [3.8, 4) is 11.1 Å². The van der Waals surface area contributed by atoms with E-state index in [0.717, 1.165) is 66.9 Å². The number of ether oxygens (including phenoxy) is 2. The van der Waals surface area contributed by atoms with Crippen LogP contribution in [0, 0.1) is 0 Å². The molecule has 32 heavy (non-hydrogen) atoms. The highest BCUT2D eigenvalue weighted by molar-refractivity contribution is 7.18. The normalized spacial score (nSPS) is 16.8. The van der Waals surface area contributed by atoms with Gasteiger partial charge < -0.3 is 24.6 Å². The second kappa shape index (κ2) is 9.73. The molecule has 2 aliphatic rings. The molecule has 3 heterocycles. The number of carbonyl (C=O) groups excluding carboxylic acids is 1. The van der Waals surface area contributed by atoms with E-state index in [0.29, 0.717) is 18.1 Å². The van der Waals surface area contributed by atoms with Gasteiger partial charge in [-0.1, -0.05) is 30.3 Å². The Labute approximate surface area is 192 Å². The summed E-state index contributed by atoms with van der Waals surface area (Å²) < 4.78 is 11.0. The quantitative estimate of drug-likeness (QED) is 0.628. The van der Waals surface area contributed by atoms with Gasteiger partial charge in [-0.2, -0.15) is 0 Å². The molecule has 5 rings (SSSR count). The van der Waals surface area contributed by atoms with Crippen LogP contribution in [-0.4, -0.2) is 58.5 Å². The lowest BCUT2D eigenvalue weighted by atomic mass is 10.1. The Bertz CT molecular complexity index is 1040. The minimum atomic E-state index is -0.0780. The fourth-order valence-electron chi connectivity index (χ4n) is 4.09. The number of rotatable bonds is 5. The Morgan fingerprint density at radius 3 is 2.09 bits per heavy atom. The molecule has 0 atom stereocenters. The molecule has 1 N–H and O–H groups in total. The summed E-state index contributed by atoms with van der Waals surface area (Å²) in [6, 6.07) is 20.3. The van der Waals surface area contributed by atoms with Crippen LogP contribution in [0.1, 0.15) is 9.67 Å². The summed E-state index contributed by atoms with van der Waals surface area (Å²) in [5, 5.41) is 4.20. The Hall–Kier alpha value is -2.87. The van der Waals surface area contributed by atoms with E-state index in [1.165, 1.54) is 0 Å². The smallest absolute Gasteiger partial charge is 0.265 e. The molecule has 7 heteroatoms. The molecule has 0 aliphatic carbocycles. The van der Waals surface area contributed by atoms with Crippen LogP contribution in [0.5, 0.6) is 0 Å². The molecule has 2 saturated heterocycles. The lowest BCUT2D eigenvalue weighted by molar-refractivity contribution is 0.103. The molecule has 1 aromatic heterocycles. The maximum atomic E-state index is 13.1. The van der Waals surface area contributed by atoms with E-state index in [2.05, 4.69) is 39.4 Å². The molecule has 166 valence electrons. The van der Waals surface area contributed by atoms with Crippen molar-refractivity contribution < 1.29 is 14.3 Å². The van der Waals surface area contributed by atoms with Crippen molar-refractivity contribution >= 4 is 33.6 Å². The molecule has 1 amide bonds. The predicted octanol–water partition coefficient (Wildman–Crippen LogP) is 4.34. The lowest BCUT2D eigenvalue weighted by Gasteiger charge is -2.28. The third kappa shape index (κ3) is 4.65. The van der Waals surface area contributed by atoms with E-state index in [4.69, 9.17) is 9.47 Å². The van der Waals surface area contributed by atoms with Crippen molar-refractivity contribution in [3.63, 3.8) is 0 Å². The summed E-state index contributed by atoms with van der Waals surface area (Å²) in [6.45, 7) is 6.40. The number of hydrogen-bond acceptors (Lipinski definition) is 6. The van der Waals surface area contributed by atoms with Gasteiger partial charge in [0.15, 0.2) is 0 Å². The lowest BCUT2D eigenvalue weighted by Crippen LogP contribution is -2.36. The average molecular weight is 450 g/mol. The van der Waals surface area contributed by atoms with Crippen LogP contribution in [0.25, 0.3) is 11.1 Å². The monoisotopic (exact) mass is 449 g/mol. The van der Waals surface area contributed by atoms with Gasteiger partial charge in [-0.3, -0.25) is 4.79 Å². The van der Waals surface area contributed by atoms with E-state index in [1.807, 2.05) is 36.4 Å². The molecule has 0 radical (unpaired) electrons. The van der Waals surface area contributed by atoms with Gasteiger partial charge in [0.05, 0.1) is 36.3 Å². The van der Waals surface area contributed by atoms with E-state index in [9.17, 15) is 4.79 Å². The number of carbonyl (C=O) groups is 1. The van der Waals surface area contributed by atoms with Crippen molar-refractivity contribution in [2.24, 2.45) is 0 Å². The number of morpholine rings is 2. The number of anilines is 3. The minimum Gasteiger partial charge on any atom is -0.378 e. The maximum Gasteiger partial charge on any atom is 0.265 e. The zero-order valence-corrected chi connectivity index (χ0v) is 18.8. The first-order valence-electron chi connectivity index (χ1n) is 11.0. The third-order valence-corrected chi connectivity index (χ3v) is 7.02. The largest absolute Gasteiger partial charge is 0.378 e. The molecule has 2 aliphatic heterocycles. The maximum absolute atomic E-state index is 13.1. The van der Waals surface area contributed by atoms with Gasteiger partial charge in [-0.25, -0.2) is 0 Å². The number of nitrogens with zero attached hydrogens (tertiary/aromatic N) is 2. The number of amides is 1. The van der Waals surface area contributed by atoms with Crippen molar-refractivity contribution in [2.45, 2.75) is 0 Å². The number of nitrogens with one attached hydrogen (secondary N) is 1. The van der Waals surface area contributed by atoms with Crippen LogP contribution in [0.3, 0.4) is 0 Å². The van der Waals surface area contributed by atoms with Crippen LogP contribution >= 0.6 is 11.3 Å². The van der Waals surface area contributed by atoms with Gasteiger partial charge in [-0.05, 0) is 35.9 Å². The first kappa shape index (κ1) is 21.0. The fourth-order valence-corrected chi connectivity index (χ4v) is 5.22. The molecular weight excluding hydrogens is 422 g/mol. The molecule has 0 unspecified atom stereocenters. The minimum absolute atomic E-state index is 0.0780. The summed E-state index contributed by atoms with van der Waals surface area (Å²) in [5.74, 6) is -0.0780. The summed E-state index contributed by atoms with van der Waals surface area (Å²) >= 11 is 1.55. The van der Waals surface area contributed by atoms with Crippen LogP contribution < -0.4 is 15.1 Å². The summed E-state index contributed by atoms with van der Waals surface area (Å²) in [7, 11) is 0. The third-order valence-electron chi connectivity index (χ3n) is 5.82. The second-order valence-electron chi connectivity index (χ2n) is 7.90. The standard InChI is InChI=1S/C25H27N3O3S/c29-24(26-20-6-8-21(9-7-20)27-10-14-30-15-11-27)23-18-22(19-4-2-1-3-5-19)25(32-23)28-12-16-31-17-13-28/h1-9,18H,10-17H2,(H,26,29). The van der Waals surface area contributed by atoms with Crippen LogP contribution in [0.2, 0.25) is 0 Å². The highest BCUT2D eigenvalue weighted by Crippen LogP contribution is 2.39. The van der Waals surface area contributed by atoms with Crippen molar-refractivity contribution in [3.05, 3.63) is 65.5 Å². The zero-order chi connectivity index (χ0) is 21.8. The highest BCUT2D eigenvalue weighted by atomic mass is 32.1. The SMILES string of the molecule is O=C(Nc1ccc(N2CCOCC2)cc1)c1cc(-c2ccccc2)c(N2CCOCC2)s1. The summed E-state index contributed by atoms with van der Waals surface area (Å²) in [5.41, 5.74) is 4.18. The summed E-state index contributed by atoms with van der Waals surface area (Å²) in [6.07, 6.45) is 0. The van der Waals surface area contributed by atoms with Crippen LogP contribution in [-0.2, 0) is 9.47 Å². The van der Waals surface area contributed by atoms with Crippen LogP contribution in [0.15, 0.2) is 60.7 Å². The molecule has 6 nitrogen and oxygen atoms in total. The van der Waals surface area contributed by atoms with Gasteiger partial charge in [0.2, 0.25) is 0 Å². The van der Waals surface area contributed by atoms with Crippen LogP contribution in [0.4, 0.5) is 16.4 Å². The van der Waals surface area contributed by atoms with E-state index < -0.39 is 0 Å². The fraction of sp³-hybridized carbons (Fsp3) is 0.320.